The standard InChI is InChI=1S/C15H15BrCl2N2S/c1-9(2)7-11-14(16)15(18)20-13(19-11)8-21-12-6-4-3-5-10(12)17/h3-6,9H,7-8H2,1-2H3. The third kappa shape index (κ3) is 4.85. The highest BCUT2D eigenvalue weighted by Gasteiger charge is 2.12. The van der Waals surface area contributed by atoms with Crippen molar-refractivity contribution in [1.82, 2.24) is 9.97 Å². The van der Waals surface area contributed by atoms with Crippen molar-refractivity contribution in [2.24, 2.45) is 5.92 Å². The Balaban J connectivity index is 2.17. The highest BCUT2D eigenvalue weighted by Crippen LogP contribution is 2.30. The van der Waals surface area contributed by atoms with Crippen molar-refractivity contribution >= 4 is 50.9 Å². The molecule has 0 fully saturated rings. The fourth-order valence-corrected chi connectivity index (χ4v) is 3.44. The molecule has 1 aromatic heterocycles. The van der Waals surface area contributed by atoms with E-state index in [0.717, 1.165) is 32.3 Å². The van der Waals surface area contributed by atoms with Crippen LogP contribution in [0.5, 0.6) is 0 Å². The monoisotopic (exact) mass is 404 g/mol. The minimum Gasteiger partial charge on any atom is -0.236 e. The summed E-state index contributed by atoms with van der Waals surface area (Å²) in [5.41, 5.74) is 0.958. The van der Waals surface area contributed by atoms with Gasteiger partial charge in [-0.25, -0.2) is 9.97 Å². The molecule has 0 saturated heterocycles. The molecule has 2 nitrogen and oxygen atoms in total. The number of hydrogen-bond donors (Lipinski definition) is 0. The van der Waals surface area contributed by atoms with Gasteiger partial charge in [-0.3, -0.25) is 0 Å². The second-order valence-corrected chi connectivity index (χ2v) is 7.58. The predicted molar refractivity (Wildman–Crippen MR) is 94.3 cm³/mol. The average Bonchev–Trinajstić information content (AvgIpc) is 2.42. The largest absolute Gasteiger partial charge is 0.236 e. The van der Waals surface area contributed by atoms with Gasteiger partial charge in [0, 0.05) is 4.90 Å². The molecule has 0 radical (unpaired) electrons. The first-order chi connectivity index (χ1) is 9.97. The van der Waals surface area contributed by atoms with Gasteiger partial charge in [-0.2, -0.15) is 0 Å². The van der Waals surface area contributed by atoms with E-state index in [0.29, 0.717) is 16.8 Å². The molecule has 0 bridgehead atoms. The Kier molecular flexibility index (Phi) is 6.35. The Morgan fingerprint density at radius 3 is 2.57 bits per heavy atom. The van der Waals surface area contributed by atoms with E-state index in [1.54, 1.807) is 11.8 Å². The van der Waals surface area contributed by atoms with Crippen LogP contribution in [0.3, 0.4) is 0 Å². The molecule has 0 unspecified atom stereocenters. The maximum atomic E-state index is 6.18. The molecule has 0 N–H and O–H groups in total. The van der Waals surface area contributed by atoms with Crippen LogP contribution < -0.4 is 0 Å². The zero-order valence-corrected chi connectivity index (χ0v) is 15.7. The molecule has 0 aliphatic heterocycles. The summed E-state index contributed by atoms with van der Waals surface area (Å²) in [5.74, 6) is 1.88. The molecule has 1 aromatic carbocycles. The van der Waals surface area contributed by atoms with E-state index < -0.39 is 0 Å². The molecule has 112 valence electrons. The minimum atomic E-state index is 0.468. The van der Waals surface area contributed by atoms with Crippen molar-refractivity contribution in [2.45, 2.75) is 30.9 Å². The molecule has 2 aromatic rings. The number of hydrogen-bond acceptors (Lipinski definition) is 3. The number of rotatable bonds is 5. The van der Waals surface area contributed by atoms with Crippen LogP contribution in [0.25, 0.3) is 0 Å². The lowest BCUT2D eigenvalue weighted by Crippen LogP contribution is -2.04. The van der Waals surface area contributed by atoms with Crippen molar-refractivity contribution in [3.8, 4) is 0 Å². The van der Waals surface area contributed by atoms with Crippen molar-refractivity contribution < 1.29 is 0 Å². The molecule has 0 atom stereocenters. The number of thioether (sulfide) groups is 1. The molecule has 21 heavy (non-hydrogen) atoms. The molecule has 0 aliphatic rings. The Hall–Kier alpha value is -0.290. The van der Waals surface area contributed by atoms with E-state index >= 15 is 0 Å². The van der Waals surface area contributed by atoms with Crippen LogP contribution in [0, 0.1) is 5.92 Å². The normalized spacial score (nSPS) is 11.1. The van der Waals surface area contributed by atoms with Gasteiger partial charge in [0.25, 0.3) is 0 Å². The van der Waals surface area contributed by atoms with E-state index in [1.165, 1.54) is 0 Å². The van der Waals surface area contributed by atoms with E-state index in [4.69, 9.17) is 23.2 Å². The smallest absolute Gasteiger partial charge is 0.147 e. The summed E-state index contributed by atoms with van der Waals surface area (Å²) in [4.78, 5) is 9.96. The third-order valence-electron chi connectivity index (χ3n) is 2.72. The van der Waals surface area contributed by atoms with Gasteiger partial charge in [0.05, 0.1) is 20.9 Å². The van der Waals surface area contributed by atoms with E-state index in [9.17, 15) is 0 Å². The van der Waals surface area contributed by atoms with Crippen molar-refractivity contribution in [3.05, 3.63) is 50.4 Å². The highest BCUT2D eigenvalue weighted by molar-refractivity contribution is 9.10. The van der Waals surface area contributed by atoms with Gasteiger partial charge in [0.15, 0.2) is 0 Å². The molecule has 0 saturated carbocycles. The fourth-order valence-electron chi connectivity index (χ4n) is 1.80. The topological polar surface area (TPSA) is 25.8 Å². The number of aromatic nitrogens is 2. The van der Waals surface area contributed by atoms with E-state index in [-0.39, 0.29) is 0 Å². The Labute approximate surface area is 147 Å². The summed E-state index contributed by atoms with van der Waals surface area (Å²) in [6.45, 7) is 4.31. The van der Waals surface area contributed by atoms with Gasteiger partial charge in [-0.1, -0.05) is 49.2 Å². The van der Waals surface area contributed by atoms with Gasteiger partial charge >= 0.3 is 0 Å². The molecular formula is C15H15BrCl2N2S. The van der Waals surface area contributed by atoms with Crippen LogP contribution in [0.15, 0.2) is 33.6 Å². The summed E-state index contributed by atoms with van der Waals surface area (Å²) in [6.07, 6.45) is 0.868. The zero-order chi connectivity index (χ0) is 15.4. The number of nitrogens with zero attached hydrogens (tertiary/aromatic N) is 2. The quantitative estimate of drug-likeness (QED) is 0.448. The first kappa shape index (κ1) is 17.1. The molecule has 0 amide bonds. The van der Waals surface area contributed by atoms with Crippen LogP contribution in [0.1, 0.15) is 25.4 Å². The molecule has 6 heteroatoms. The second-order valence-electron chi connectivity index (χ2n) is 5.01. The van der Waals surface area contributed by atoms with Gasteiger partial charge in [0.1, 0.15) is 11.0 Å². The van der Waals surface area contributed by atoms with E-state index in [1.807, 2.05) is 24.3 Å². The molecular weight excluding hydrogens is 391 g/mol. The molecule has 2 rings (SSSR count). The Morgan fingerprint density at radius 1 is 1.19 bits per heavy atom. The van der Waals surface area contributed by atoms with Crippen LogP contribution in [-0.4, -0.2) is 9.97 Å². The summed E-state index contributed by atoms with van der Waals surface area (Å²) in [7, 11) is 0. The van der Waals surface area contributed by atoms with Gasteiger partial charge in [-0.15, -0.1) is 11.8 Å². The minimum absolute atomic E-state index is 0.468. The SMILES string of the molecule is CC(C)Cc1nc(CSc2ccccc2Cl)nc(Cl)c1Br. The second kappa shape index (κ2) is 7.82. The van der Waals surface area contributed by atoms with Gasteiger partial charge < -0.3 is 0 Å². The Morgan fingerprint density at radius 2 is 1.90 bits per heavy atom. The van der Waals surface area contributed by atoms with Crippen molar-refractivity contribution in [3.63, 3.8) is 0 Å². The lowest BCUT2D eigenvalue weighted by Gasteiger charge is -2.10. The lowest BCUT2D eigenvalue weighted by molar-refractivity contribution is 0.629. The lowest BCUT2D eigenvalue weighted by atomic mass is 10.1. The molecule has 1 heterocycles. The van der Waals surface area contributed by atoms with Crippen LogP contribution in [0.2, 0.25) is 10.2 Å². The maximum absolute atomic E-state index is 6.18. The zero-order valence-electron chi connectivity index (χ0n) is 11.7. The summed E-state index contributed by atoms with van der Waals surface area (Å²) in [5, 5.41) is 1.21. The first-order valence-electron chi connectivity index (χ1n) is 6.55. The first-order valence-corrected chi connectivity index (χ1v) is 9.09. The highest BCUT2D eigenvalue weighted by atomic mass is 79.9. The Bertz CT molecular complexity index is 635. The summed E-state index contributed by atoms with van der Waals surface area (Å²) < 4.78 is 0.796. The number of benzene rings is 1. The number of halogens is 3. The van der Waals surface area contributed by atoms with Crippen molar-refractivity contribution in [2.75, 3.05) is 0 Å². The maximum Gasteiger partial charge on any atom is 0.147 e. The van der Waals surface area contributed by atoms with Gasteiger partial charge in [-0.05, 0) is 40.4 Å². The third-order valence-corrected chi connectivity index (χ3v) is 5.57. The average molecular weight is 406 g/mol. The predicted octanol–water partition coefficient (Wildman–Crippen LogP) is 6.04. The summed E-state index contributed by atoms with van der Waals surface area (Å²) >= 11 is 17.4. The molecule has 0 spiro atoms. The molecule has 0 aliphatic carbocycles. The van der Waals surface area contributed by atoms with Crippen LogP contribution in [-0.2, 0) is 12.2 Å². The van der Waals surface area contributed by atoms with Crippen LogP contribution in [0.4, 0.5) is 0 Å². The summed E-state index contributed by atoms with van der Waals surface area (Å²) in [6, 6.07) is 7.75. The van der Waals surface area contributed by atoms with E-state index in [2.05, 4.69) is 39.7 Å². The van der Waals surface area contributed by atoms with Crippen LogP contribution >= 0.6 is 50.9 Å². The van der Waals surface area contributed by atoms with Crippen molar-refractivity contribution in [1.29, 1.82) is 0 Å². The van der Waals surface area contributed by atoms with Gasteiger partial charge in [0.2, 0.25) is 0 Å². The fraction of sp³-hybridized carbons (Fsp3) is 0.333.